The van der Waals surface area contributed by atoms with Gasteiger partial charge in [-0.05, 0) is 0 Å². The van der Waals surface area contributed by atoms with E-state index in [0.29, 0.717) is 0 Å². The summed E-state index contributed by atoms with van der Waals surface area (Å²) in [4.78, 5) is 20.9. The summed E-state index contributed by atoms with van der Waals surface area (Å²) in [6.07, 6.45) is -0.634. The molecule has 0 aliphatic heterocycles. The van der Waals surface area contributed by atoms with Crippen LogP contribution < -0.4 is 10.6 Å². The van der Waals surface area contributed by atoms with E-state index in [1.807, 2.05) is 0 Å². The van der Waals surface area contributed by atoms with Gasteiger partial charge in [0.05, 0.1) is 6.67 Å². The van der Waals surface area contributed by atoms with Crippen molar-refractivity contribution in [3.63, 3.8) is 0 Å². The molecular formula is C6H12N2O4. The maximum atomic E-state index is 10.6. The molecule has 0 fully saturated rings. The van der Waals surface area contributed by atoms with E-state index < -0.39 is 6.09 Å². The summed E-state index contributed by atoms with van der Waals surface area (Å²) in [5.41, 5.74) is 0. The first-order valence-corrected chi connectivity index (χ1v) is 3.31. The van der Waals surface area contributed by atoms with Crippen LogP contribution in [0.25, 0.3) is 0 Å². The number of carbonyl (C=O) groups excluding carboxylic acids is 2. The molecule has 0 radical (unpaired) electrons. The van der Waals surface area contributed by atoms with Crippen molar-refractivity contribution < 1.29 is 19.1 Å². The fourth-order valence-electron chi connectivity index (χ4n) is 0.404. The number of ether oxygens (including phenoxy) is 2. The third-order valence-corrected chi connectivity index (χ3v) is 0.878. The fourth-order valence-corrected chi connectivity index (χ4v) is 0.404. The topological polar surface area (TPSA) is 76.7 Å². The van der Waals surface area contributed by atoms with Crippen LogP contribution in [-0.2, 0) is 14.3 Å². The Morgan fingerprint density at radius 1 is 1.33 bits per heavy atom. The molecule has 0 aliphatic carbocycles. The van der Waals surface area contributed by atoms with E-state index in [9.17, 15) is 9.59 Å². The van der Waals surface area contributed by atoms with E-state index in [4.69, 9.17) is 0 Å². The van der Waals surface area contributed by atoms with Gasteiger partial charge in [0.15, 0.2) is 6.79 Å². The molecule has 0 rings (SSSR count). The van der Waals surface area contributed by atoms with Crippen LogP contribution in [-0.4, -0.2) is 32.6 Å². The summed E-state index contributed by atoms with van der Waals surface area (Å²) in [5, 5.41) is 4.64. The highest BCUT2D eigenvalue weighted by Crippen LogP contribution is 1.75. The summed E-state index contributed by atoms with van der Waals surface area (Å²) in [5.74, 6) is -0.220. The van der Waals surface area contributed by atoms with Gasteiger partial charge in [-0.15, -0.1) is 0 Å². The molecule has 6 nitrogen and oxygen atoms in total. The van der Waals surface area contributed by atoms with Crippen molar-refractivity contribution in [3.05, 3.63) is 0 Å². The number of nitrogens with one attached hydrogen (secondary N) is 2. The second-order valence-corrected chi connectivity index (χ2v) is 1.92. The molecule has 0 saturated carbocycles. The van der Waals surface area contributed by atoms with E-state index in [1.165, 1.54) is 14.0 Å². The first-order chi connectivity index (χ1) is 5.66. The Bertz CT molecular complexity index is 160. The maximum Gasteiger partial charge on any atom is 0.410 e. The molecule has 12 heavy (non-hydrogen) atoms. The van der Waals surface area contributed by atoms with Crippen LogP contribution in [0.15, 0.2) is 0 Å². The molecule has 0 unspecified atom stereocenters. The van der Waals surface area contributed by atoms with Gasteiger partial charge in [0, 0.05) is 14.0 Å². The third-order valence-electron chi connectivity index (χ3n) is 0.878. The molecule has 2 amide bonds. The molecule has 0 bridgehead atoms. The van der Waals surface area contributed by atoms with E-state index >= 15 is 0 Å². The standard InChI is InChI=1S/C6H12N2O4/c1-5(9)7-3-8-6(10)12-4-11-2/h3-4H2,1-2H3,(H,7,9)(H,8,10). The van der Waals surface area contributed by atoms with Crippen molar-refractivity contribution in [1.82, 2.24) is 10.6 Å². The van der Waals surface area contributed by atoms with Gasteiger partial charge in [-0.25, -0.2) is 4.79 Å². The summed E-state index contributed by atoms with van der Waals surface area (Å²) < 4.78 is 8.92. The number of alkyl carbamates (subject to hydrolysis) is 1. The second-order valence-electron chi connectivity index (χ2n) is 1.92. The first kappa shape index (κ1) is 10.7. The predicted molar refractivity (Wildman–Crippen MR) is 40.2 cm³/mol. The van der Waals surface area contributed by atoms with Crippen LogP contribution in [0, 0.1) is 0 Å². The monoisotopic (exact) mass is 176 g/mol. The number of hydrogen-bond donors (Lipinski definition) is 2. The maximum absolute atomic E-state index is 10.6. The molecule has 6 heteroatoms. The highest BCUT2D eigenvalue weighted by molar-refractivity contribution is 5.73. The van der Waals surface area contributed by atoms with Gasteiger partial charge in [0.1, 0.15) is 0 Å². The van der Waals surface area contributed by atoms with Crippen molar-refractivity contribution in [2.45, 2.75) is 6.92 Å². The Morgan fingerprint density at radius 2 is 2.00 bits per heavy atom. The number of amides is 2. The normalized spacial score (nSPS) is 8.83. The predicted octanol–water partition coefficient (Wildman–Crippen LogP) is -0.590. The highest BCUT2D eigenvalue weighted by atomic mass is 16.7. The minimum absolute atomic E-state index is 0.0535. The molecule has 0 aromatic carbocycles. The summed E-state index contributed by atoms with van der Waals surface area (Å²) in [6.45, 7) is 1.30. The van der Waals surface area contributed by atoms with Crippen molar-refractivity contribution in [2.75, 3.05) is 20.6 Å². The van der Waals surface area contributed by atoms with Crippen LogP contribution >= 0.6 is 0 Å². The largest absolute Gasteiger partial charge is 0.422 e. The molecule has 0 aliphatic rings. The minimum atomic E-state index is -0.634. The summed E-state index contributed by atoms with van der Waals surface area (Å²) >= 11 is 0. The molecule has 0 aromatic rings. The van der Waals surface area contributed by atoms with Crippen LogP contribution in [0.2, 0.25) is 0 Å². The van der Waals surface area contributed by atoms with E-state index in [-0.39, 0.29) is 19.4 Å². The van der Waals surface area contributed by atoms with Crippen LogP contribution in [0.1, 0.15) is 6.92 Å². The zero-order chi connectivity index (χ0) is 9.40. The lowest BCUT2D eigenvalue weighted by Gasteiger charge is -2.05. The smallest absolute Gasteiger partial charge is 0.410 e. The first-order valence-electron chi connectivity index (χ1n) is 3.31. The van der Waals surface area contributed by atoms with Gasteiger partial charge < -0.3 is 20.1 Å². The molecule has 70 valence electrons. The molecule has 0 spiro atoms. The quantitative estimate of drug-likeness (QED) is 0.561. The Morgan fingerprint density at radius 3 is 2.50 bits per heavy atom. The van der Waals surface area contributed by atoms with Crippen molar-refractivity contribution in [1.29, 1.82) is 0 Å². The number of methoxy groups -OCH3 is 1. The van der Waals surface area contributed by atoms with Crippen LogP contribution in [0.3, 0.4) is 0 Å². The highest BCUT2D eigenvalue weighted by Gasteiger charge is 1.98. The van der Waals surface area contributed by atoms with Crippen molar-refractivity contribution in [2.24, 2.45) is 0 Å². The zero-order valence-electron chi connectivity index (χ0n) is 7.05. The lowest BCUT2D eigenvalue weighted by atomic mass is 10.7. The summed E-state index contributed by atoms with van der Waals surface area (Å²) in [6, 6.07) is 0. The minimum Gasteiger partial charge on any atom is -0.422 e. The SMILES string of the molecule is COCOC(=O)NCNC(C)=O. The molecular weight excluding hydrogens is 164 g/mol. The van der Waals surface area contributed by atoms with Gasteiger partial charge in [-0.3, -0.25) is 4.79 Å². The van der Waals surface area contributed by atoms with Gasteiger partial charge in [-0.2, -0.15) is 0 Å². The molecule has 0 heterocycles. The molecule has 0 atom stereocenters. The summed E-state index contributed by atoms with van der Waals surface area (Å²) in [7, 11) is 1.40. The van der Waals surface area contributed by atoms with Crippen LogP contribution in [0.4, 0.5) is 4.79 Å². The number of rotatable bonds is 4. The Kier molecular flexibility index (Phi) is 5.72. The fraction of sp³-hybridized carbons (Fsp3) is 0.667. The van der Waals surface area contributed by atoms with Crippen molar-refractivity contribution >= 4 is 12.0 Å². The second kappa shape index (κ2) is 6.41. The average molecular weight is 176 g/mol. The van der Waals surface area contributed by atoms with Gasteiger partial charge in [-0.1, -0.05) is 0 Å². The van der Waals surface area contributed by atoms with Gasteiger partial charge >= 0.3 is 6.09 Å². The van der Waals surface area contributed by atoms with Gasteiger partial charge in [0.25, 0.3) is 0 Å². The lowest BCUT2D eigenvalue weighted by Crippen LogP contribution is -2.36. The van der Waals surface area contributed by atoms with E-state index in [2.05, 4.69) is 20.1 Å². The number of hydrogen-bond acceptors (Lipinski definition) is 4. The average Bonchev–Trinajstić information content (AvgIpc) is 2.00. The lowest BCUT2D eigenvalue weighted by molar-refractivity contribution is -0.119. The third kappa shape index (κ3) is 6.81. The Labute approximate surface area is 70.2 Å². The van der Waals surface area contributed by atoms with E-state index in [1.54, 1.807) is 0 Å². The van der Waals surface area contributed by atoms with Crippen molar-refractivity contribution in [3.8, 4) is 0 Å². The van der Waals surface area contributed by atoms with E-state index in [0.717, 1.165) is 0 Å². The Hall–Kier alpha value is -1.30. The molecule has 0 saturated heterocycles. The molecule has 2 N–H and O–H groups in total. The van der Waals surface area contributed by atoms with Crippen LogP contribution in [0.5, 0.6) is 0 Å². The molecule has 0 aromatic heterocycles. The zero-order valence-corrected chi connectivity index (χ0v) is 7.05. The van der Waals surface area contributed by atoms with Gasteiger partial charge in [0.2, 0.25) is 5.91 Å². The Balaban J connectivity index is 3.25. The number of carbonyl (C=O) groups is 2.